The molecule has 0 spiro atoms. The van der Waals surface area contributed by atoms with Crippen LogP contribution in [0.2, 0.25) is 0 Å². The molecule has 0 amide bonds. The number of hydrogen-bond donors (Lipinski definition) is 2. The van der Waals surface area contributed by atoms with Gasteiger partial charge in [0.05, 0.1) is 17.6 Å². The van der Waals surface area contributed by atoms with Crippen molar-refractivity contribution in [2.75, 3.05) is 11.9 Å². The number of rotatable bonds is 6. The standard InChI is InChI=1S/C12H15N5O3/c1-9-4-10(17(19)20)2-3-12(9)14-5-11(18)6-16-8-13-7-15-16/h2-4,7-8,11,14,18H,5-6H2,1H3/t11-/m1/s1. The minimum absolute atomic E-state index is 0.0520. The van der Waals surface area contributed by atoms with Crippen LogP contribution in [0.3, 0.4) is 0 Å². The molecular formula is C12H15N5O3. The van der Waals surface area contributed by atoms with E-state index in [1.165, 1.54) is 29.5 Å². The lowest BCUT2D eigenvalue weighted by molar-refractivity contribution is -0.384. The number of nitro groups is 1. The van der Waals surface area contributed by atoms with Gasteiger partial charge in [-0.2, -0.15) is 5.10 Å². The Bertz CT molecular complexity index is 585. The molecule has 0 aliphatic rings. The molecule has 2 N–H and O–H groups in total. The minimum Gasteiger partial charge on any atom is -0.389 e. The summed E-state index contributed by atoms with van der Waals surface area (Å²) in [6, 6.07) is 4.56. The van der Waals surface area contributed by atoms with Crippen LogP contribution in [0.25, 0.3) is 0 Å². The van der Waals surface area contributed by atoms with Crippen LogP contribution in [0.5, 0.6) is 0 Å². The first-order valence-electron chi connectivity index (χ1n) is 6.05. The van der Waals surface area contributed by atoms with Gasteiger partial charge in [0.2, 0.25) is 0 Å². The molecule has 2 rings (SSSR count). The second-order valence-electron chi connectivity index (χ2n) is 4.41. The number of nitrogens with one attached hydrogen (secondary N) is 1. The van der Waals surface area contributed by atoms with E-state index in [9.17, 15) is 15.2 Å². The summed E-state index contributed by atoms with van der Waals surface area (Å²) < 4.78 is 1.54. The van der Waals surface area contributed by atoms with E-state index in [0.29, 0.717) is 13.1 Å². The van der Waals surface area contributed by atoms with Gasteiger partial charge >= 0.3 is 0 Å². The summed E-state index contributed by atoms with van der Waals surface area (Å²) in [5, 5.41) is 27.5. The van der Waals surface area contributed by atoms with E-state index in [2.05, 4.69) is 15.4 Å². The number of aliphatic hydroxyl groups is 1. The number of hydrogen-bond acceptors (Lipinski definition) is 6. The molecule has 1 aromatic heterocycles. The summed E-state index contributed by atoms with van der Waals surface area (Å²) in [4.78, 5) is 14.0. The predicted molar refractivity (Wildman–Crippen MR) is 72.4 cm³/mol. The SMILES string of the molecule is Cc1cc([N+](=O)[O-])ccc1NC[C@@H](O)Cn1cncn1. The molecule has 0 saturated carbocycles. The molecule has 0 saturated heterocycles. The largest absolute Gasteiger partial charge is 0.389 e. The lowest BCUT2D eigenvalue weighted by Gasteiger charge is -2.14. The zero-order chi connectivity index (χ0) is 14.5. The monoisotopic (exact) mass is 277 g/mol. The Morgan fingerprint density at radius 1 is 1.55 bits per heavy atom. The molecule has 8 heteroatoms. The van der Waals surface area contributed by atoms with Gasteiger partial charge in [-0.05, 0) is 18.6 Å². The van der Waals surface area contributed by atoms with E-state index >= 15 is 0 Å². The van der Waals surface area contributed by atoms with E-state index < -0.39 is 11.0 Å². The first kappa shape index (κ1) is 13.9. The number of benzene rings is 1. The van der Waals surface area contributed by atoms with E-state index in [1.807, 2.05) is 0 Å². The number of nitrogens with zero attached hydrogens (tertiary/aromatic N) is 4. The molecular weight excluding hydrogens is 262 g/mol. The summed E-state index contributed by atoms with van der Waals surface area (Å²) in [6.45, 7) is 2.43. The van der Waals surface area contributed by atoms with Crippen molar-refractivity contribution in [1.82, 2.24) is 14.8 Å². The zero-order valence-electron chi connectivity index (χ0n) is 10.9. The third-order valence-corrected chi connectivity index (χ3v) is 2.81. The van der Waals surface area contributed by atoms with Gasteiger partial charge in [-0.15, -0.1) is 0 Å². The Morgan fingerprint density at radius 3 is 2.95 bits per heavy atom. The van der Waals surface area contributed by atoms with E-state index in [4.69, 9.17) is 0 Å². The van der Waals surface area contributed by atoms with E-state index in [0.717, 1.165) is 11.3 Å². The topological polar surface area (TPSA) is 106 Å². The third-order valence-electron chi connectivity index (χ3n) is 2.81. The van der Waals surface area contributed by atoms with Crippen LogP contribution < -0.4 is 5.32 Å². The minimum atomic E-state index is -0.633. The average Bonchev–Trinajstić information content (AvgIpc) is 2.90. The molecule has 0 aliphatic heterocycles. The van der Waals surface area contributed by atoms with Gasteiger partial charge in [-0.25, -0.2) is 4.98 Å². The molecule has 20 heavy (non-hydrogen) atoms. The van der Waals surface area contributed by atoms with Crippen molar-refractivity contribution in [2.24, 2.45) is 0 Å². The van der Waals surface area contributed by atoms with Crippen LogP contribution in [0.4, 0.5) is 11.4 Å². The maximum Gasteiger partial charge on any atom is 0.269 e. The summed E-state index contributed by atoms with van der Waals surface area (Å²) in [5.41, 5.74) is 1.57. The van der Waals surface area contributed by atoms with Gasteiger partial charge in [0, 0.05) is 24.4 Å². The molecule has 1 aromatic carbocycles. The Kier molecular flexibility index (Phi) is 4.26. The number of aliphatic hydroxyl groups excluding tert-OH is 1. The van der Waals surface area contributed by atoms with Crippen LogP contribution in [0.15, 0.2) is 30.9 Å². The third kappa shape index (κ3) is 3.51. The second kappa shape index (κ2) is 6.11. The average molecular weight is 277 g/mol. The molecule has 2 aromatic rings. The van der Waals surface area contributed by atoms with Crippen LogP contribution in [-0.4, -0.2) is 37.4 Å². The van der Waals surface area contributed by atoms with Gasteiger partial charge in [0.1, 0.15) is 12.7 Å². The highest BCUT2D eigenvalue weighted by Gasteiger charge is 2.10. The Labute approximate surface area is 115 Å². The quantitative estimate of drug-likeness (QED) is 0.602. The Hall–Kier alpha value is -2.48. The van der Waals surface area contributed by atoms with Crippen LogP contribution in [0, 0.1) is 17.0 Å². The van der Waals surface area contributed by atoms with Crippen molar-refractivity contribution in [3.63, 3.8) is 0 Å². The van der Waals surface area contributed by atoms with Crippen LogP contribution in [-0.2, 0) is 6.54 Å². The molecule has 1 heterocycles. The molecule has 8 nitrogen and oxygen atoms in total. The van der Waals surface area contributed by atoms with E-state index in [1.54, 1.807) is 13.0 Å². The highest BCUT2D eigenvalue weighted by molar-refractivity contribution is 5.55. The van der Waals surface area contributed by atoms with Crippen molar-refractivity contribution in [2.45, 2.75) is 19.6 Å². The summed E-state index contributed by atoms with van der Waals surface area (Å²) >= 11 is 0. The van der Waals surface area contributed by atoms with Crippen molar-refractivity contribution in [3.05, 3.63) is 46.5 Å². The summed E-state index contributed by atoms with van der Waals surface area (Å²) in [7, 11) is 0. The van der Waals surface area contributed by atoms with Crippen molar-refractivity contribution >= 4 is 11.4 Å². The van der Waals surface area contributed by atoms with Gasteiger partial charge in [-0.1, -0.05) is 0 Å². The lowest BCUT2D eigenvalue weighted by Crippen LogP contribution is -2.25. The Balaban J connectivity index is 1.92. The highest BCUT2D eigenvalue weighted by atomic mass is 16.6. The molecule has 0 aliphatic carbocycles. The fourth-order valence-corrected chi connectivity index (χ4v) is 1.80. The van der Waals surface area contributed by atoms with Gasteiger partial charge in [-0.3, -0.25) is 14.8 Å². The van der Waals surface area contributed by atoms with Gasteiger partial charge in [0.15, 0.2) is 0 Å². The number of nitro benzene ring substituents is 1. The smallest absolute Gasteiger partial charge is 0.269 e. The fourth-order valence-electron chi connectivity index (χ4n) is 1.80. The first-order chi connectivity index (χ1) is 9.56. The van der Waals surface area contributed by atoms with E-state index in [-0.39, 0.29) is 5.69 Å². The molecule has 0 bridgehead atoms. The predicted octanol–water partition coefficient (Wildman–Crippen LogP) is 0.968. The summed E-state index contributed by atoms with van der Waals surface area (Å²) in [5.74, 6) is 0. The number of anilines is 1. The first-order valence-corrected chi connectivity index (χ1v) is 6.05. The summed E-state index contributed by atoms with van der Waals surface area (Å²) in [6.07, 6.45) is 2.30. The highest BCUT2D eigenvalue weighted by Crippen LogP contribution is 2.21. The number of aromatic nitrogens is 3. The molecule has 106 valence electrons. The molecule has 0 fully saturated rings. The zero-order valence-corrected chi connectivity index (χ0v) is 10.9. The van der Waals surface area contributed by atoms with Gasteiger partial charge < -0.3 is 10.4 Å². The normalized spacial score (nSPS) is 12.1. The van der Waals surface area contributed by atoms with Crippen molar-refractivity contribution < 1.29 is 10.0 Å². The number of non-ortho nitro benzene ring substituents is 1. The number of aryl methyl sites for hydroxylation is 1. The molecule has 0 radical (unpaired) electrons. The second-order valence-corrected chi connectivity index (χ2v) is 4.41. The lowest BCUT2D eigenvalue weighted by atomic mass is 10.1. The maximum absolute atomic E-state index is 10.6. The molecule has 0 unspecified atom stereocenters. The van der Waals surface area contributed by atoms with Gasteiger partial charge in [0.25, 0.3) is 5.69 Å². The van der Waals surface area contributed by atoms with Crippen LogP contribution >= 0.6 is 0 Å². The fraction of sp³-hybridized carbons (Fsp3) is 0.333. The maximum atomic E-state index is 10.6. The van der Waals surface area contributed by atoms with Crippen LogP contribution in [0.1, 0.15) is 5.56 Å². The Morgan fingerprint density at radius 2 is 2.35 bits per heavy atom. The van der Waals surface area contributed by atoms with Crippen molar-refractivity contribution in [1.29, 1.82) is 0 Å². The molecule has 1 atom stereocenters. The van der Waals surface area contributed by atoms with Crippen molar-refractivity contribution in [3.8, 4) is 0 Å².